The third kappa shape index (κ3) is 3.66. The van der Waals surface area contributed by atoms with E-state index in [-0.39, 0.29) is 23.8 Å². The second kappa shape index (κ2) is 7.29. The molecule has 1 saturated heterocycles. The van der Waals surface area contributed by atoms with Crippen LogP contribution in [0.2, 0.25) is 0 Å². The Labute approximate surface area is 168 Å². The average molecular weight is 421 g/mol. The molecule has 3 aromatic rings. The van der Waals surface area contributed by atoms with Crippen LogP contribution in [-0.2, 0) is 6.18 Å². The van der Waals surface area contributed by atoms with Crippen LogP contribution in [-0.4, -0.2) is 39.1 Å². The first-order valence-corrected chi connectivity index (χ1v) is 10.1. The number of benzene rings is 1. The van der Waals surface area contributed by atoms with Crippen LogP contribution in [0, 0.1) is 12.8 Å². The Kier molecular flexibility index (Phi) is 4.94. The standard InChI is InChI=1S/C20H18F3N3O2S/c1-12-16(26-8-9-29-19(26)24-12)18(28)25-7-3-5-14(11-25)17(27)13-4-2-6-15(10-13)20(21,22)23/h2,4,6,8-10,14H,3,5,7,11H2,1H3/t14-/m1/s1. The van der Waals surface area contributed by atoms with Gasteiger partial charge in [0, 0.05) is 36.1 Å². The largest absolute Gasteiger partial charge is 0.416 e. The summed E-state index contributed by atoms with van der Waals surface area (Å²) in [6.07, 6.45) is -1.57. The number of hydrogen-bond donors (Lipinski definition) is 0. The van der Waals surface area contributed by atoms with Crippen molar-refractivity contribution in [3.63, 3.8) is 0 Å². The second-order valence-electron chi connectivity index (χ2n) is 7.13. The van der Waals surface area contributed by atoms with Crippen LogP contribution < -0.4 is 0 Å². The average Bonchev–Trinajstić information content (AvgIpc) is 3.26. The first-order chi connectivity index (χ1) is 13.8. The maximum Gasteiger partial charge on any atom is 0.416 e. The summed E-state index contributed by atoms with van der Waals surface area (Å²) in [5.74, 6) is -1.10. The number of rotatable bonds is 3. The van der Waals surface area contributed by atoms with Gasteiger partial charge in [-0.05, 0) is 31.9 Å². The van der Waals surface area contributed by atoms with E-state index >= 15 is 0 Å². The summed E-state index contributed by atoms with van der Waals surface area (Å²) in [5, 5.41) is 1.84. The minimum Gasteiger partial charge on any atom is -0.337 e. The number of piperidine rings is 1. The molecule has 0 saturated carbocycles. The number of carbonyl (C=O) groups is 2. The number of imidazole rings is 1. The number of aromatic nitrogens is 2. The lowest BCUT2D eigenvalue weighted by Crippen LogP contribution is -2.43. The molecule has 1 fully saturated rings. The van der Waals surface area contributed by atoms with Crippen molar-refractivity contribution in [1.82, 2.24) is 14.3 Å². The summed E-state index contributed by atoms with van der Waals surface area (Å²) in [4.78, 5) is 32.7. The molecule has 0 N–H and O–H groups in total. The van der Waals surface area contributed by atoms with E-state index in [2.05, 4.69) is 4.98 Å². The second-order valence-corrected chi connectivity index (χ2v) is 8.01. The van der Waals surface area contributed by atoms with Crippen molar-refractivity contribution in [3.05, 3.63) is 58.4 Å². The lowest BCUT2D eigenvalue weighted by atomic mass is 9.89. The van der Waals surface area contributed by atoms with Gasteiger partial charge in [-0.15, -0.1) is 11.3 Å². The fraction of sp³-hybridized carbons (Fsp3) is 0.350. The maximum atomic E-state index is 13.1. The predicted molar refractivity (Wildman–Crippen MR) is 102 cm³/mol. The number of carbonyl (C=O) groups excluding carboxylic acids is 2. The molecule has 4 rings (SSSR count). The van der Waals surface area contributed by atoms with E-state index < -0.39 is 17.7 Å². The van der Waals surface area contributed by atoms with E-state index in [1.807, 2.05) is 5.38 Å². The number of ketones is 1. The molecule has 1 aromatic carbocycles. The molecule has 2 aromatic heterocycles. The number of halogens is 3. The number of hydrogen-bond acceptors (Lipinski definition) is 4. The zero-order valence-electron chi connectivity index (χ0n) is 15.6. The smallest absolute Gasteiger partial charge is 0.337 e. The van der Waals surface area contributed by atoms with E-state index in [4.69, 9.17) is 0 Å². The number of aryl methyl sites for hydroxylation is 1. The van der Waals surface area contributed by atoms with Crippen LogP contribution in [0.3, 0.4) is 0 Å². The highest BCUT2D eigenvalue weighted by atomic mass is 32.1. The van der Waals surface area contributed by atoms with Gasteiger partial charge < -0.3 is 4.90 Å². The minimum atomic E-state index is -4.50. The molecule has 1 aliphatic heterocycles. The monoisotopic (exact) mass is 421 g/mol. The van der Waals surface area contributed by atoms with E-state index in [0.717, 1.165) is 17.1 Å². The quantitative estimate of drug-likeness (QED) is 0.587. The molecule has 3 heterocycles. The van der Waals surface area contributed by atoms with Crippen molar-refractivity contribution in [1.29, 1.82) is 0 Å². The van der Waals surface area contributed by atoms with Gasteiger partial charge in [0.15, 0.2) is 10.7 Å². The Morgan fingerprint density at radius 1 is 1.28 bits per heavy atom. The number of alkyl halides is 3. The fourth-order valence-electron chi connectivity index (χ4n) is 3.76. The van der Waals surface area contributed by atoms with Crippen molar-refractivity contribution in [2.24, 2.45) is 5.92 Å². The summed E-state index contributed by atoms with van der Waals surface area (Å²) < 4.78 is 40.6. The van der Waals surface area contributed by atoms with Gasteiger partial charge in [0.25, 0.3) is 5.91 Å². The van der Waals surface area contributed by atoms with Gasteiger partial charge in [-0.2, -0.15) is 13.2 Å². The summed E-state index contributed by atoms with van der Waals surface area (Å²) in [6, 6.07) is 4.47. The first kappa shape index (κ1) is 19.6. The number of thiazole rings is 1. The Hall–Kier alpha value is -2.68. The lowest BCUT2D eigenvalue weighted by molar-refractivity contribution is -0.137. The molecule has 0 radical (unpaired) electrons. The van der Waals surface area contributed by atoms with Gasteiger partial charge in [0.2, 0.25) is 0 Å². The highest BCUT2D eigenvalue weighted by molar-refractivity contribution is 7.15. The highest BCUT2D eigenvalue weighted by Gasteiger charge is 2.34. The fourth-order valence-corrected chi connectivity index (χ4v) is 4.52. The summed E-state index contributed by atoms with van der Waals surface area (Å²) in [6.45, 7) is 2.45. The Morgan fingerprint density at radius 2 is 2.07 bits per heavy atom. The zero-order valence-corrected chi connectivity index (χ0v) is 16.4. The molecule has 1 atom stereocenters. The Balaban J connectivity index is 1.55. The van der Waals surface area contributed by atoms with Crippen molar-refractivity contribution < 1.29 is 22.8 Å². The van der Waals surface area contributed by atoms with Crippen molar-refractivity contribution in [2.75, 3.05) is 13.1 Å². The van der Waals surface area contributed by atoms with Crippen molar-refractivity contribution in [3.8, 4) is 0 Å². The normalized spacial score (nSPS) is 17.7. The molecule has 0 aliphatic carbocycles. The number of Topliss-reactive ketones (excluding diaryl/α,β-unsaturated/α-hetero) is 1. The minimum absolute atomic E-state index is 0.0277. The van der Waals surface area contributed by atoms with Gasteiger partial charge in [-0.1, -0.05) is 12.1 Å². The Morgan fingerprint density at radius 3 is 2.83 bits per heavy atom. The third-order valence-electron chi connectivity index (χ3n) is 5.19. The van der Waals surface area contributed by atoms with Gasteiger partial charge in [-0.25, -0.2) is 4.98 Å². The van der Waals surface area contributed by atoms with Crippen LogP contribution in [0.4, 0.5) is 13.2 Å². The first-order valence-electron chi connectivity index (χ1n) is 9.18. The van der Waals surface area contributed by atoms with Crippen LogP contribution in [0.15, 0.2) is 35.8 Å². The highest BCUT2D eigenvalue weighted by Crippen LogP contribution is 2.31. The molecule has 1 aliphatic rings. The zero-order chi connectivity index (χ0) is 20.8. The molecular formula is C20H18F3N3O2S. The van der Waals surface area contributed by atoms with Crippen LogP contribution in [0.5, 0.6) is 0 Å². The molecule has 5 nitrogen and oxygen atoms in total. The SMILES string of the molecule is Cc1nc2sccn2c1C(=O)N1CCC[C@@H](C(=O)c2cccc(C(F)(F)F)c2)C1. The molecular weight excluding hydrogens is 403 g/mol. The summed E-state index contributed by atoms with van der Waals surface area (Å²) >= 11 is 1.43. The molecule has 29 heavy (non-hydrogen) atoms. The summed E-state index contributed by atoms with van der Waals surface area (Å²) in [5.41, 5.74) is 0.267. The predicted octanol–water partition coefficient (Wildman–Crippen LogP) is 4.46. The van der Waals surface area contributed by atoms with Gasteiger partial charge in [0.1, 0.15) is 5.69 Å². The molecule has 0 spiro atoms. The molecule has 1 amide bonds. The van der Waals surface area contributed by atoms with Gasteiger partial charge in [-0.3, -0.25) is 14.0 Å². The Bertz CT molecular complexity index is 1090. The van der Waals surface area contributed by atoms with Crippen LogP contribution in [0.1, 0.15) is 44.9 Å². The number of nitrogens with zero attached hydrogens (tertiary/aromatic N) is 3. The molecule has 0 unspecified atom stereocenters. The number of amides is 1. The third-order valence-corrected chi connectivity index (χ3v) is 5.95. The lowest BCUT2D eigenvalue weighted by Gasteiger charge is -2.32. The topological polar surface area (TPSA) is 54.7 Å². The van der Waals surface area contributed by atoms with Gasteiger partial charge in [0.05, 0.1) is 11.3 Å². The summed E-state index contributed by atoms with van der Waals surface area (Å²) in [7, 11) is 0. The molecule has 9 heteroatoms. The van der Waals surface area contributed by atoms with E-state index in [9.17, 15) is 22.8 Å². The van der Waals surface area contributed by atoms with Crippen LogP contribution >= 0.6 is 11.3 Å². The molecule has 0 bridgehead atoms. The van der Waals surface area contributed by atoms with E-state index in [1.165, 1.54) is 23.5 Å². The number of fused-ring (bicyclic) bond motifs is 1. The van der Waals surface area contributed by atoms with E-state index in [1.54, 1.807) is 22.4 Å². The van der Waals surface area contributed by atoms with Crippen LogP contribution in [0.25, 0.3) is 4.96 Å². The van der Waals surface area contributed by atoms with E-state index in [0.29, 0.717) is 30.8 Å². The molecule has 152 valence electrons. The van der Waals surface area contributed by atoms with Crippen molar-refractivity contribution in [2.45, 2.75) is 25.9 Å². The van der Waals surface area contributed by atoms with Gasteiger partial charge >= 0.3 is 6.18 Å². The number of likely N-dealkylation sites (tertiary alicyclic amines) is 1. The maximum absolute atomic E-state index is 13.1. The van der Waals surface area contributed by atoms with Crippen molar-refractivity contribution >= 4 is 28.0 Å².